The predicted octanol–water partition coefficient (Wildman–Crippen LogP) is 5.16. The lowest BCUT2D eigenvalue weighted by atomic mass is 10.1. The monoisotopic (exact) mass is 461 g/mol. The number of aliphatic hydroxyl groups is 1. The number of fused-ring (bicyclic) bond motifs is 1. The average Bonchev–Trinajstić information content (AvgIpc) is 3.14. The highest BCUT2D eigenvalue weighted by atomic mass is 32.2. The van der Waals surface area contributed by atoms with Crippen molar-refractivity contribution in [1.29, 1.82) is 0 Å². The average molecular weight is 462 g/mol. The van der Waals surface area contributed by atoms with Crippen LogP contribution < -0.4 is 4.90 Å². The number of hydrogen-bond acceptors (Lipinski definition) is 6. The van der Waals surface area contributed by atoms with Gasteiger partial charge in [-0.1, -0.05) is 48.0 Å². The van der Waals surface area contributed by atoms with Crippen molar-refractivity contribution in [3.8, 4) is 5.69 Å². The van der Waals surface area contributed by atoms with E-state index < -0.39 is 0 Å². The molecule has 4 rings (SSSR count). The van der Waals surface area contributed by atoms with E-state index in [-0.39, 0.29) is 6.61 Å². The highest BCUT2D eigenvalue weighted by Gasteiger charge is 2.23. The van der Waals surface area contributed by atoms with Crippen molar-refractivity contribution >= 4 is 28.6 Å². The van der Waals surface area contributed by atoms with Crippen molar-refractivity contribution in [3.05, 3.63) is 70.5 Å². The Morgan fingerprint density at radius 2 is 1.70 bits per heavy atom. The minimum absolute atomic E-state index is 0.134. The van der Waals surface area contributed by atoms with Crippen LogP contribution in [0.15, 0.2) is 47.5 Å². The van der Waals surface area contributed by atoms with Gasteiger partial charge in [0.05, 0.1) is 11.1 Å². The molecule has 0 saturated carbocycles. The minimum atomic E-state index is 0.134. The molecule has 0 aliphatic rings. The molecule has 0 fully saturated rings. The van der Waals surface area contributed by atoms with E-state index in [1.165, 1.54) is 22.3 Å². The molecule has 0 bridgehead atoms. The molecule has 0 unspecified atom stereocenters. The fourth-order valence-electron chi connectivity index (χ4n) is 4.44. The number of hydrogen-bond donors (Lipinski definition) is 1. The van der Waals surface area contributed by atoms with Crippen LogP contribution in [-0.4, -0.2) is 44.3 Å². The first-order valence-electron chi connectivity index (χ1n) is 11.2. The second-order valence-electron chi connectivity index (χ2n) is 8.45. The van der Waals surface area contributed by atoms with Gasteiger partial charge in [-0.3, -0.25) is 0 Å². The van der Waals surface area contributed by atoms with Gasteiger partial charge in [0.1, 0.15) is 16.7 Å². The summed E-state index contributed by atoms with van der Waals surface area (Å²) in [4.78, 5) is 12.0. The molecule has 33 heavy (non-hydrogen) atoms. The van der Waals surface area contributed by atoms with Gasteiger partial charge in [-0.2, -0.15) is 5.10 Å². The van der Waals surface area contributed by atoms with Gasteiger partial charge in [-0.15, -0.1) is 11.8 Å². The molecule has 7 heteroatoms. The Hall–Kier alpha value is -2.90. The van der Waals surface area contributed by atoms with E-state index in [9.17, 15) is 5.11 Å². The van der Waals surface area contributed by atoms with Gasteiger partial charge < -0.3 is 10.0 Å². The van der Waals surface area contributed by atoms with Crippen LogP contribution in [-0.2, 0) is 6.54 Å². The number of aryl methyl sites for hydroxylation is 4. The summed E-state index contributed by atoms with van der Waals surface area (Å²) in [6.07, 6.45) is 2.70. The Bertz CT molecular complexity index is 1250. The molecule has 0 aliphatic carbocycles. The van der Waals surface area contributed by atoms with Gasteiger partial charge in [0.25, 0.3) is 0 Å². The predicted molar refractivity (Wildman–Crippen MR) is 137 cm³/mol. The molecule has 0 saturated heterocycles. The maximum Gasteiger partial charge on any atom is 0.169 e. The topological polar surface area (TPSA) is 67.1 Å². The van der Waals surface area contributed by atoms with Gasteiger partial charge in [0, 0.05) is 19.7 Å². The lowest BCUT2D eigenvalue weighted by Gasteiger charge is -2.25. The maximum absolute atomic E-state index is 9.55. The first-order valence-corrected chi connectivity index (χ1v) is 12.4. The Morgan fingerprint density at radius 3 is 2.33 bits per heavy atom. The van der Waals surface area contributed by atoms with Gasteiger partial charge >= 0.3 is 0 Å². The summed E-state index contributed by atoms with van der Waals surface area (Å²) >= 11 is 1.61. The normalized spacial score (nSPS) is 11.3. The van der Waals surface area contributed by atoms with Crippen LogP contribution in [0.4, 0.5) is 5.82 Å². The summed E-state index contributed by atoms with van der Waals surface area (Å²) in [5.74, 6) is 1.57. The van der Waals surface area contributed by atoms with E-state index in [2.05, 4.69) is 62.1 Å². The second-order valence-corrected chi connectivity index (χ2v) is 9.24. The molecular formula is C26H31N5OS. The number of nitrogens with zero attached hydrogens (tertiary/aromatic N) is 5. The van der Waals surface area contributed by atoms with Crippen molar-refractivity contribution in [1.82, 2.24) is 19.7 Å². The van der Waals surface area contributed by atoms with Gasteiger partial charge in [-0.05, 0) is 57.1 Å². The van der Waals surface area contributed by atoms with Crippen molar-refractivity contribution in [2.24, 2.45) is 0 Å². The largest absolute Gasteiger partial charge is 0.396 e. The van der Waals surface area contributed by atoms with E-state index in [0.717, 1.165) is 27.6 Å². The Labute approximate surface area is 199 Å². The van der Waals surface area contributed by atoms with E-state index in [1.54, 1.807) is 11.8 Å². The maximum atomic E-state index is 9.55. The number of rotatable bonds is 8. The van der Waals surface area contributed by atoms with Gasteiger partial charge in [-0.25, -0.2) is 14.6 Å². The quantitative estimate of drug-likeness (QED) is 0.366. The third-order valence-electron chi connectivity index (χ3n) is 5.73. The Morgan fingerprint density at radius 1 is 1.00 bits per heavy atom. The van der Waals surface area contributed by atoms with E-state index in [0.29, 0.717) is 25.3 Å². The first kappa shape index (κ1) is 23.3. The van der Waals surface area contributed by atoms with Crippen molar-refractivity contribution in [2.45, 2.75) is 45.7 Å². The molecule has 172 valence electrons. The third kappa shape index (κ3) is 4.75. The van der Waals surface area contributed by atoms with Gasteiger partial charge in [0.2, 0.25) is 0 Å². The molecule has 0 amide bonds. The molecule has 6 nitrogen and oxygen atoms in total. The zero-order chi connectivity index (χ0) is 23.5. The van der Waals surface area contributed by atoms with Crippen LogP contribution in [0.2, 0.25) is 0 Å². The second kappa shape index (κ2) is 9.93. The molecule has 0 atom stereocenters. The van der Waals surface area contributed by atoms with Crippen LogP contribution in [0.1, 0.15) is 34.5 Å². The van der Waals surface area contributed by atoms with Crippen molar-refractivity contribution < 1.29 is 5.11 Å². The highest BCUT2D eigenvalue weighted by Crippen LogP contribution is 2.35. The fraction of sp³-hybridized carbons (Fsp3) is 0.346. The molecule has 2 aromatic heterocycles. The summed E-state index contributed by atoms with van der Waals surface area (Å²) < 4.78 is 1.98. The lowest BCUT2D eigenvalue weighted by Crippen LogP contribution is -2.26. The van der Waals surface area contributed by atoms with E-state index >= 15 is 0 Å². The smallest absolute Gasteiger partial charge is 0.169 e. The highest BCUT2D eigenvalue weighted by molar-refractivity contribution is 7.98. The molecular weight excluding hydrogens is 430 g/mol. The summed E-state index contributed by atoms with van der Waals surface area (Å²) in [7, 11) is 0. The zero-order valence-corrected chi connectivity index (χ0v) is 20.8. The molecule has 0 radical (unpaired) electrons. The van der Waals surface area contributed by atoms with Crippen LogP contribution in [0, 0.1) is 27.7 Å². The Kier molecular flexibility index (Phi) is 7.00. The van der Waals surface area contributed by atoms with Crippen LogP contribution in [0.5, 0.6) is 0 Å². The van der Waals surface area contributed by atoms with Crippen LogP contribution in [0.25, 0.3) is 16.7 Å². The minimum Gasteiger partial charge on any atom is -0.396 e. The molecule has 2 heterocycles. The fourth-order valence-corrected chi connectivity index (χ4v) is 4.99. The van der Waals surface area contributed by atoms with Crippen molar-refractivity contribution in [2.75, 3.05) is 24.3 Å². The van der Waals surface area contributed by atoms with Crippen LogP contribution >= 0.6 is 11.8 Å². The Balaban J connectivity index is 1.94. The summed E-state index contributed by atoms with van der Waals surface area (Å²) in [5.41, 5.74) is 6.66. The number of benzene rings is 2. The number of aliphatic hydroxyl groups excluding tert-OH is 1. The number of anilines is 1. The zero-order valence-electron chi connectivity index (χ0n) is 20.0. The molecule has 0 aliphatic heterocycles. The number of aromatic nitrogens is 4. The molecule has 2 aromatic carbocycles. The lowest BCUT2D eigenvalue weighted by molar-refractivity contribution is 0.289. The molecule has 0 spiro atoms. The summed E-state index contributed by atoms with van der Waals surface area (Å²) in [6.45, 7) is 9.83. The SMILES string of the molecule is CSc1nn(-c2c(C)cc(C)cc2C)c2nc(C)nc(N(CCCO)Cc3ccccc3)c12. The third-order valence-corrected chi connectivity index (χ3v) is 6.40. The number of thioether (sulfide) groups is 1. The standard InChI is InChI=1S/C26H31N5OS/c1-17-14-18(2)23(19(3)15-17)31-25-22(26(29-31)33-5)24(27-20(4)28-25)30(12-9-13-32)16-21-10-7-6-8-11-21/h6-8,10-11,14-15,32H,9,12-13,16H2,1-5H3. The summed E-state index contributed by atoms with van der Waals surface area (Å²) in [5, 5.41) is 16.4. The summed E-state index contributed by atoms with van der Waals surface area (Å²) in [6, 6.07) is 14.7. The van der Waals surface area contributed by atoms with Gasteiger partial charge in [0.15, 0.2) is 5.65 Å². The van der Waals surface area contributed by atoms with E-state index in [1.807, 2.05) is 23.9 Å². The first-order chi connectivity index (χ1) is 15.9. The van der Waals surface area contributed by atoms with Crippen LogP contribution in [0.3, 0.4) is 0 Å². The molecule has 1 N–H and O–H groups in total. The van der Waals surface area contributed by atoms with Crippen molar-refractivity contribution in [3.63, 3.8) is 0 Å². The van der Waals surface area contributed by atoms with E-state index in [4.69, 9.17) is 15.1 Å². The molecule has 4 aromatic rings.